The molecule has 1 aliphatic rings. The summed E-state index contributed by atoms with van der Waals surface area (Å²) in [6, 6.07) is 27.9. The van der Waals surface area contributed by atoms with Gasteiger partial charge in [-0.25, -0.2) is 4.98 Å². The van der Waals surface area contributed by atoms with Gasteiger partial charge < -0.3 is 19.1 Å². The number of hydrogen-bond acceptors (Lipinski definition) is 5. The molecule has 6 nitrogen and oxygen atoms in total. The van der Waals surface area contributed by atoms with E-state index in [-0.39, 0.29) is 38.0 Å². The Balaban J connectivity index is 0.00000432. The largest absolute Gasteiger partial charge is 0.503 e. The van der Waals surface area contributed by atoms with Gasteiger partial charge >= 0.3 is 0 Å². The van der Waals surface area contributed by atoms with Crippen LogP contribution in [0.15, 0.2) is 91.3 Å². The van der Waals surface area contributed by atoms with Crippen molar-refractivity contribution in [2.45, 2.75) is 45.9 Å². The Labute approximate surface area is 277 Å². The summed E-state index contributed by atoms with van der Waals surface area (Å²) in [5.41, 5.74) is 3.95. The van der Waals surface area contributed by atoms with E-state index < -0.39 is 19.7 Å². The molecule has 0 aliphatic carbocycles. The van der Waals surface area contributed by atoms with Gasteiger partial charge in [-0.2, -0.15) is 30.6 Å². The van der Waals surface area contributed by atoms with Crippen molar-refractivity contribution < 1.29 is 35.4 Å². The van der Waals surface area contributed by atoms with E-state index in [0.717, 1.165) is 38.1 Å². The van der Waals surface area contributed by atoms with Gasteiger partial charge in [0, 0.05) is 59.5 Å². The minimum absolute atomic E-state index is 0. The van der Waals surface area contributed by atoms with Crippen LogP contribution in [0.25, 0.3) is 27.6 Å². The first-order valence-corrected chi connectivity index (χ1v) is 13.6. The van der Waals surface area contributed by atoms with Gasteiger partial charge in [0.15, 0.2) is 0 Å². The average Bonchev–Trinajstić information content (AvgIpc) is 3.59. The van der Waals surface area contributed by atoms with E-state index in [0.29, 0.717) is 17.1 Å². The molecule has 0 unspecified atom stereocenters. The Hall–Kier alpha value is -4.15. The zero-order chi connectivity index (χ0) is 34.9. The Morgan fingerprint density at radius 3 is 2.47 bits per heavy atom. The van der Waals surface area contributed by atoms with Gasteiger partial charge in [0.05, 0.1) is 0 Å². The topological polar surface area (TPSA) is 46.4 Å². The number of hydrogen-bond donors (Lipinski definition) is 0. The van der Waals surface area contributed by atoms with Crippen LogP contribution in [0, 0.1) is 18.8 Å². The molecule has 0 atom stereocenters. The normalized spacial score (nSPS) is 16.3. The SMILES string of the molecule is [2H]C([2H])([2H])C([2H])(N1[CH-]N(c2[c-]c(Oc3[c-]c4c(cc3)c3ccccc3n4-c3cc(C(C)(C)C)ccn3)ncc2)c2ccccc21)C([2H])([2H])[2H].[Pt]. The van der Waals surface area contributed by atoms with E-state index in [1.54, 1.807) is 41.3 Å². The van der Waals surface area contributed by atoms with Gasteiger partial charge in [0.25, 0.3) is 0 Å². The van der Waals surface area contributed by atoms with Gasteiger partial charge in [0.2, 0.25) is 0 Å². The van der Waals surface area contributed by atoms with Crippen molar-refractivity contribution in [3.05, 3.63) is 116 Å². The number of ether oxygens (including phenoxy) is 1. The molecule has 0 fully saturated rings. The number of pyridine rings is 2. The van der Waals surface area contributed by atoms with Gasteiger partial charge in [-0.3, -0.25) is 4.98 Å². The van der Waals surface area contributed by atoms with E-state index >= 15 is 0 Å². The molecule has 0 saturated heterocycles. The monoisotopic (exact) mass is 752 g/mol. The summed E-state index contributed by atoms with van der Waals surface area (Å²) >= 11 is 0. The maximum atomic E-state index is 8.81. The zero-order valence-electron chi connectivity index (χ0n) is 30.7. The summed E-state index contributed by atoms with van der Waals surface area (Å²) in [6.45, 7) is 1.44. The standard InChI is InChI=1S/C36H32N5O.Pt/c1-24(2)39-23-40(32-13-9-8-12-31(32)39)26-17-19-38-35(21-26)42-27-14-15-29-28-10-6-7-11-30(28)41(33(29)22-27)34-20-25(16-18-37-34)36(3,4)5;/h6-20,23-24H,1-5H3;/q-3;/i1D3,2D3,24D;. The molecular formula is C36H32N5OPt-3. The molecule has 4 heterocycles. The smallest absolute Gasteiger partial charge is 0.135 e. The molecule has 0 amide bonds. The second-order valence-electron chi connectivity index (χ2n) is 11.1. The quantitative estimate of drug-likeness (QED) is 0.165. The molecule has 220 valence electrons. The molecule has 0 bridgehead atoms. The summed E-state index contributed by atoms with van der Waals surface area (Å²) in [6.07, 6.45) is 3.33. The van der Waals surface area contributed by atoms with Crippen LogP contribution in [0.4, 0.5) is 17.1 Å². The van der Waals surface area contributed by atoms with Gasteiger partial charge in [-0.15, -0.1) is 17.5 Å². The first kappa shape index (κ1) is 21.5. The van der Waals surface area contributed by atoms with Crippen LogP contribution in [0.2, 0.25) is 0 Å². The maximum Gasteiger partial charge on any atom is 0.135 e. The van der Waals surface area contributed by atoms with Crippen LogP contribution in [-0.4, -0.2) is 20.6 Å². The molecule has 7 heteroatoms. The Kier molecular flexibility index (Phi) is 5.59. The van der Waals surface area contributed by atoms with Crippen molar-refractivity contribution in [2.75, 3.05) is 9.80 Å². The first-order valence-electron chi connectivity index (χ1n) is 17.1. The summed E-state index contributed by atoms with van der Waals surface area (Å²) in [5.74, 6) is 1.25. The molecule has 0 radical (unpaired) electrons. The second kappa shape index (κ2) is 11.2. The molecule has 3 aromatic carbocycles. The van der Waals surface area contributed by atoms with Crippen molar-refractivity contribution in [1.29, 1.82) is 0 Å². The van der Waals surface area contributed by atoms with E-state index in [1.165, 1.54) is 12.9 Å². The molecule has 1 aliphatic heterocycles. The Morgan fingerprint density at radius 2 is 1.65 bits per heavy atom. The minimum atomic E-state index is -3.17. The molecular weight excluding hydrogens is 714 g/mol. The van der Waals surface area contributed by atoms with Crippen molar-refractivity contribution in [3.63, 3.8) is 0 Å². The number of anilines is 3. The van der Waals surface area contributed by atoms with E-state index in [1.807, 2.05) is 36.5 Å². The summed E-state index contributed by atoms with van der Waals surface area (Å²) < 4.78 is 65.3. The number of para-hydroxylation sites is 3. The van der Waals surface area contributed by atoms with E-state index in [4.69, 9.17) is 19.3 Å². The van der Waals surface area contributed by atoms with Crippen LogP contribution >= 0.6 is 0 Å². The van der Waals surface area contributed by atoms with E-state index in [2.05, 4.69) is 54.6 Å². The summed E-state index contributed by atoms with van der Waals surface area (Å²) in [7, 11) is 0. The Bertz CT molecular complexity index is 2200. The average molecular weight is 753 g/mol. The molecule has 0 N–H and O–H groups in total. The third-order valence-electron chi connectivity index (χ3n) is 7.40. The van der Waals surface area contributed by atoms with E-state index in [9.17, 15) is 0 Å². The summed E-state index contributed by atoms with van der Waals surface area (Å²) in [4.78, 5) is 11.6. The number of benzene rings is 3. The number of fused-ring (bicyclic) bond motifs is 4. The number of rotatable bonds is 5. The third kappa shape index (κ3) is 5.19. The molecule has 0 spiro atoms. The fourth-order valence-corrected chi connectivity index (χ4v) is 5.32. The van der Waals surface area contributed by atoms with Gasteiger partial charge in [0.1, 0.15) is 11.7 Å². The molecule has 43 heavy (non-hydrogen) atoms. The zero-order valence-corrected chi connectivity index (χ0v) is 26.0. The van der Waals surface area contributed by atoms with Crippen LogP contribution in [0.1, 0.15) is 49.6 Å². The second-order valence-corrected chi connectivity index (χ2v) is 11.1. The van der Waals surface area contributed by atoms with Crippen LogP contribution < -0.4 is 14.5 Å². The fourth-order valence-electron chi connectivity index (χ4n) is 5.32. The summed E-state index contributed by atoms with van der Waals surface area (Å²) in [5, 5.41) is 2.02. The maximum absolute atomic E-state index is 8.81. The van der Waals surface area contributed by atoms with Crippen molar-refractivity contribution in [1.82, 2.24) is 14.5 Å². The van der Waals surface area contributed by atoms with Crippen LogP contribution in [0.5, 0.6) is 11.6 Å². The van der Waals surface area contributed by atoms with Crippen molar-refractivity contribution in [3.8, 4) is 17.4 Å². The molecule has 6 aromatic rings. The minimum Gasteiger partial charge on any atom is -0.503 e. The first-order chi connectivity index (χ1) is 23.1. The molecule has 3 aromatic heterocycles. The predicted octanol–water partition coefficient (Wildman–Crippen LogP) is 8.75. The van der Waals surface area contributed by atoms with Crippen molar-refractivity contribution >= 4 is 38.9 Å². The van der Waals surface area contributed by atoms with Gasteiger partial charge in [-0.05, 0) is 72.6 Å². The van der Waals surface area contributed by atoms with Gasteiger partial charge in [-0.1, -0.05) is 56.6 Å². The predicted molar refractivity (Wildman–Crippen MR) is 170 cm³/mol. The number of nitrogens with zero attached hydrogens (tertiary/aromatic N) is 5. The molecule has 7 rings (SSSR count). The van der Waals surface area contributed by atoms with Crippen LogP contribution in [0.3, 0.4) is 0 Å². The fraction of sp³-hybridized carbons (Fsp3) is 0.194. The Morgan fingerprint density at radius 1 is 0.884 bits per heavy atom. The number of aromatic nitrogens is 3. The third-order valence-corrected chi connectivity index (χ3v) is 7.40. The van der Waals surface area contributed by atoms with Crippen molar-refractivity contribution in [2.24, 2.45) is 0 Å². The van der Waals surface area contributed by atoms with Crippen LogP contribution in [-0.2, 0) is 26.5 Å². The molecule has 0 saturated carbocycles.